The van der Waals surface area contributed by atoms with Crippen LogP contribution < -0.4 is 5.32 Å². The van der Waals surface area contributed by atoms with Crippen molar-refractivity contribution in [2.75, 3.05) is 5.32 Å². The quantitative estimate of drug-likeness (QED) is 0.229. The normalized spacial score (nSPS) is 11.9. The molecular formula is C29H26N6OS. The highest BCUT2D eigenvalue weighted by Gasteiger charge is 2.18. The van der Waals surface area contributed by atoms with Crippen molar-refractivity contribution in [3.63, 3.8) is 0 Å². The Balaban J connectivity index is 1.36. The van der Waals surface area contributed by atoms with E-state index in [0.717, 1.165) is 44.6 Å². The summed E-state index contributed by atoms with van der Waals surface area (Å²) in [6.07, 6.45) is 3.84. The molecular weight excluding hydrogens is 480 g/mol. The van der Waals surface area contributed by atoms with E-state index in [4.69, 9.17) is 4.98 Å². The third-order valence-corrected chi connectivity index (χ3v) is 7.03. The Morgan fingerprint density at radius 1 is 1.03 bits per heavy atom. The number of aromatic amines is 2. The largest absolute Gasteiger partial charge is 0.353 e. The molecule has 6 rings (SSSR count). The van der Waals surface area contributed by atoms with Gasteiger partial charge in [-0.15, -0.1) is 11.3 Å². The van der Waals surface area contributed by atoms with E-state index in [-0.39, 0.29) is 11.3 Å². The third kappa shape index (κ3) is 4.63. The highest BCUT2D eigenvalue weighted by Crippen LogP contribution is 2.35. The molecule has 5 heterocycles. The fraction of sp³-hybridized carbons (Fsp3) is 0.172. The fourth-order valence-electron chi connectivity index (χ4n) is 4.51. The summed E-state index contributed by atoms with van der Waals surface area (Å²) in [6.45, 7) is 6.12. The molecule has 0 aliphatic rings. The molecule has 0 saturated heterocycles. The maximum atomic E-state index is 12.4. The van der Waals surface area contributed by atoms with Gasteiger partial charge in [0, 0.05) is 39.5 Å². The molecule has 5 aromatic heterocycles. The lowest BCUT2D eigenvalue weighted by atomic mass is 9.92. The first-order valence-electron chi connectivity index (χ1n) is 12.1. The summed E-state index contributed by atoms with van der Waals surface area (Å²) in [5.41, 5.74) is 7.65. The van der Waals surface area contributed by atoms with Gasteiger partial charge in [0.25, 0.3) is 0 Å². The van der Waals surface area contributed by atoms with E-state index in [1.165, 1.54) is 10.4 Å². The monoisotopic (exact) mass is 506 g/mol. The summed E-state index contributed by atoms with van der Waals surface area (Å²) >= 11 is 1.73. The predicted octanol–water partition coefficient (Wildman–Crippen LogP) is 7.27. The molecule has 1 amide bonds. The van der Waals surface area contributed by atoms with Gasteiger partial charge in [-0.25, -0.2) is 4.98 Å². The first-order valence-corrected chi connectivity index (χ1v) is 13.0. The number of carbonyl (C=O) groups excluding carboxylic acids is 1. The summed E-state index contributed by atoms with van der Waals surface area (Å²) in [5.74, 6) is -0.0345. The number of thiophene rings is 1. The van der Waals surface area contributed by atoms with Gasteiger partial charge in [-0.1, -0.05) is 39.0 Å². The molecule has 6 aromatic rings. The Bertz CT molecular complexity index is 1740. The first kappa shape index (κ1) is 23.1. The third-order valence-electron chi connectivity index (χ3n) is 6.12. The molecule has 0 atom stereocenters. The molecule has 0 bridgehead atoms. The number of H-pyrrole nitrogens is 2. The standard InChI is InChI=1S/C29H26N6OS/c1-29(2,3)14-26(36)31-18-12-17(15-30-16-18)21-9-10-23-27(33-21)28(35-34-23)24-13-20-19(25-8-5-11-37-25)6-4-7-22(20)32-24/h4-13,15-16,32H,14H2,1-3H3,(H,31,36)(H,34,35). The van der Waals surface area contributed by atoms with Crippen LogP contribution in [0.2, 0.25) is 0 Å². The first-order chi connectivity index (χ1) is 17.8. The number of amides is 1. The second-order valence-electron chi connectivity index (χ2n) is 10.3. The SMILES string of the molecule is CC(C)(C)CC(=O)Nc1cncc(-c2ccc3[nH]nc(-c4cc5c(-c6cccs6)cccc5[nH]4)c3n2)c1. The van der Waals surface area contributed by atoms with E-state index in [1.54, 1.807) is 23.7 Å². The van der Waals surface area contributed by atoms with E-state index in [1.807, 2.05) is 39.0 Å². The zero-order valence-corrected chi connectivity index (χ0v) is 21.6. The van der Waals surface area contributed by atoms with Crippen LogP contribution in [0.15, 0.2) is 72.4 Å². The molecule has 0 aliphatic carbocycles. The van der Waals surface area contributed by atoms with Crippen molar-refractivity contribution in [3.05, 3.63) is 72.4 Å². The van der Waals surface area contributed by atoms with E-state index in [9.17, 15) is 4.79 Å². The van der Waals surface area contributed by atoms with Crippen LogP contribution in [0.5, 0.6) is 0 Å². The Morgan fingerprint density at radius 2 is 1.92 bits per heavy atom. The zero-order valence-electron chi connectivity index (χ0n) is 20.8. The van der Waals surface area contributed by atoms with Gasteiger partial charge in [-0.05, 0) is 47.2 Å². The van der Waals surface area contributed by atoms with E-state index >= 15 is 0 Å². The minimum absolute atomic E-state index is 0.0345. The average Bonchev–Trinajstić information content (AvgIpc) is 3.61. The van der Waals surface area contributed by atoms with Gasteiger partial charge in [0.15, 0.2) is 0 Å². The van der Waals surface area contributed by atoms with Crippen LogP contribution in [-0.2, 0) is 4.79 Å². The summed E-state index contributed by atoms with van der Waals surface area (Å²) < 4.78 is 0. The number of hydrogen-bond acceptors (Lipinski definition) is 5. The zero-order chi connectivity index (χ0) is 25.6. The minimum atomic E-state index is -0.0907. The van der Waals surface area contributed by atoms with Crippen molar-refractivity contribution < 1.29 is 4.79 Å². The molecule has 0 spiro atoms. The van der Waals surface area contributed by atoms with E-state index in [0.29, 0.717) is 12.1 Å². The van der Waals surface area contributed by atoms with Crippen LogP contribution in [0.1, 0.15) is 27.2 Å². The number of hydrogen-bond donors (Lipinski definition) is 3. The lowest BCUT2D eigenvalue weighted by Crippen LogP contribution is -2.19. The van der Waals surface area contributed by atoms with Gasteiger partial charge >= 0.3 is 0 Å². The van der Waals surface area contributed by atoms with E-state index in [2.05, 4.69) is 67.3 Å². The van der Waals surface area contributed by atoms with Gasteiger partial charge in [-0.2, -0.15) is 5.10 Å². The average molecular weight is 507 g/mol. The fourth-order valence-corrected chi connectivity index (χ4v) is 5.28. The lowest BCUT2D eigenvalue weighted by Gasteiger charge is -2.17. The molecule has 184 valence electrons. The number of rotatable bonds is 5. The van der Waals surface area contributed by atoms with Crippen LogP contribution in [-0.4, -0.2) is 31.1 Å². The highest BCUT2D eigenvalue weighted by atomic mass is 32.1. The molecule has 0 saturated carbocycles. The second-order valence-corrected chi connectivity index (χ2v) is 11.3. The molecule has 3 N–H and O–H groups in total. The smallest absolute Gasteiger partial charge is 0.224 e. The number of aromatic nitrogens is 5. The number of fused-ring (bicyclic) bond motifs is 2. The maximum absolute atomic E-state index is 12.4. The molecule has 7 nitrogen and oxygen atoms in total. The van der Waals surface area contributed by atoms with Gasteiger partial charge in [0.1, 0.15) is 11.2 Å². The van der Waals surface area contributed by atoms with Gasteiger partial charge in [-0.3, -0.25) is 14.9 Å². The summed E-state index contributed by atoms with van der Waals surface area (Å²) in [4.78, 5) is 26.4. The number of carbonyl (C=O) groups is 1. The van der Waals surface area contributed by atoms with Crippen LogP contribution in [0, 0.1) is 5.41 Å². The van der Waals surface area contributed by atoms with Crippen LogP contribution in [0.4, 0.5) is 5.69 Å². The number of pyridine rings is 2. The maximum Gasteiger partial charge on any atom is 0.224 e. The topological polar surface area (TPSA) is 99.4 Å². The predicted molar refractivity (Wildman–Crippen MR) is 150 cm³/mol. The summed E-state index contributed by atoms with van der Waals surface area (Å²) in [6, 6.07) is 18.4. The van der Waals surface area contributed by atoms with Crippen LogP contribution in [0.3, 0.4) is 0 Å². The highest BCUT2D eigenvalue weighted by molar-refractivity contribution is 7.13. The minimum Gasteiger partial charge on any atom is -0.353 e. The number of benzene rings is 1. The Hall–Kier alpha value is -4.30. The van der Waals surface area contributed by atoms with E-state index < -0.39 is 0 Å². The Labute approximate surface area is 218 Å². The van der Waals surface area contributed by atoms with Crippen LogP contribution in [0.25, 0.3) is 55.0 Å². The molecule has 0 unspecified atom stereocenters. The molecule has 1 aromatic carbocycles. The van der Waals surface area contributed by atoms with Gasteiger partial charge < -0.3 is 10.3 Å². The van der Waals surface area contributed by atoms with Crippen molar-refractivity contribution in [2.45, 2.75) is 27.2 Å². The van der Waals surface area contributed by atoms with Crippen molar-refractivity contribution in [2.24, 2.45) is 5.41 Å². The van der Waals surface area contributed by atoms with Gasteiger partial charge in [0.2, 0.25) is 5.91 Å². The Kier molecular flexibility index (Phi) is 5.61. The molecule has 0 aliphatic heterocycles. The molecule has 8 heteroatoms. The second kappa shape index (κ2) is 8.97. The van der Waals surface area contributed by atoms with Crippen molar-refractivity contribution in [1.82, 2.24) is 25.1 Å². The number of nitrogens with one attached hydrogen (secondary N) is 3. The summed E-state index contributed by atoms with van der Waals surface area (Å²) in [5, 5.41) is 13.9. The lowest BCUT2D eigenvalue weighted by molar-refractivity contribution is -0.117. The molecule has 0 fully saturated rings. The molecule has 0 radical (unpaired) electrons. The van der Waals surface area contributed by atoms with Gasteiger partial charge in [0.05, 0.1) is 28.8 Å². The number of anilines is 1. The van der Waals surface area contributed by atoms with Crippen molar-refractivity contribution in [1.29, 1.82) is 0 Å². The number of nitrogens with zero attached hydrogens (tertiary/aromatic N) is 3. The van der Waals surface area contributed by atoms with Crippen LogP contribution >= 0.6 is 11.3 Å². The Morgan fingerprint density at radius 3 is 2.73 bits per heavy atom. The van der Waals surface area contributed by atoms with Crippen molar-refractivity contribution in [3.8, 4) is 33.1 Å². The molecule has 37 heavy (non-hydrogen) atoms. The summed E-state index contributed by atoms with van der Waals surface area (Å²) in [7, 11) is 0. The van der Waals surface area contributed by atoms with Crippen molar-refractivity contribution >= 4 is 44.9 Å².